The zero-order valence-corrected chi connectivity index (χ0v) is 7.64. The van der Waals surface area contributed by atoms with E-state index in [1.54, 1.807) is 11.9 Å². The van der Waals surface area contributed by atoms with E-state index in [1.807, 2.05) is 4.31 Å². The van der Waals surface area contributed by atoms with Crippen LogP contribution >= 0.6 is 11.9 Å². The van der Waals surface area contributed by atoms with E-state index >= 15 is 0 Å². The molecule has 0 N–H and O–H groups in total. The van der Waals surface area contributed by atoms with Gasteiger partial charge in [0, 0.05) is 0 Å². The molecule has 3 aliphatic heterocycles. The molecule has 4 rings (SSSR count). The van der Waals surface area contributed by atoms with Crippen molar-refractivity contribution in [3.63, 3.8) is 0 Å². The molecule has 1 aliphatic carbocycles. The fourth-order valence-corrected chi connectivity index (χ4v) is 3.47. The lowest BCUT2D eigenvalue weighted by Gasteiger charge is -2.47. The molecule has 2 atom stereocenters. The van der Waals surface area contributed by atoms with Gasteiger partial charge >= 0.3 is 0 Å². The number of hydrogen-bond acceptors (Lipinski definition) is 2. The van der Waals surface area contributed by atoms with Gasteiger partial charge in [-0.2, -0.15) is 0 Å². The van der Waals surface area contributed by atoms with Crippen molar-refractivity contribution in [3.8, 4) is 0 Å². The molecule has 1 saturated carbocycles. The third-order valence-electron chi connectivity index (χ3n) is 3.06. The van der Waals surface area contributed by atoms with Crippen LogP contribution in [0.3, 0.4) is 0 Å². The highest BCUT2D eigenvalue weighted by atomic mass is 32.2. The Labute approximate surface area is 76.1 Å². The maximum absolute atomic E-state index is 11.3. The number of rotatable bonds is 0. The first-order chi connectivity index (χ1) is 5.86. The van der Waals surface area contributed by atoms with Crippen LogP contribution in [0.1, 0.15) is 25.7 Å². The average Bonchev–Trinajstić information content (AvgIpc) is 2.16. The lowest BCUT2D eigenvalue weighted by atomic mass is 9.82. The fraction of sp³-hybridized carbons (Fsp3) is 0.667. The summed E-state index contributed by atoms with van der Waals surface area (Å²) in [5, 5.41) is 0. The van der Waals surface area contributed by atoms with Gasteiger partial charge in [0.15, 0.2) is 0 Å². The van der Waals surface area contributed by atoms with E-state index in [4.69, 9.17) is 0 Å². The molecule has 2 nitrogen and oxygen atoms in total. The zero-order valence-electron chi connectivity index (χ0n) is 6.82. The molecule has 0 spiro atoms. The monoisotopic (exact) mass is 181 g/mol. The first-order valence-electron chi connectivity index (χ1n) is 4.59. The summed E-state index contributed by atoms with van der Waals surface area (Å²) in [6, 6.07) is 0.536. The highest BCUT2D eigenvalue weighted by Crippen LogP contribution is 2.49. The van der Waals surface area contributed by atoms with Gasteiger partial charge in [-0.25, -0.2) is 0 Å². The maximum atomic E-state index is 11.3. The van der Waals surface area contributed by atoms with Gasteiger partial charge < -0.3 is 0 Å². The van der Waals surface area contributed by atoms with Gasteiger partial charge in [-0.15, -0.1) is 0 Å². The van der Waals surface area contributed by atoms with Crippen LogP contribution in [0, 0.1) is 5.92 Å². The number of nitrogens with zero attached hydrogens (tertiary/aromatic N) is 1. The Morgan fingerprint density at radius 2 is 2.25 bits per heavy atom. The molecule has 0 radical (unpaired) electrons. The van der Waals surface area contributed by atoms with E-state index in [1.165, 1.54) is 25.7 Å². The SMILES string of the molecule is O=C1C2=CC3CCCCC3N1S2. The summed E-state index contributed by atoms with van der Waals surface area (Å²) in [5.41, 5.74) is 0. The fourth-order valence-electron chi connectivity index (χ4n) is 2.40. The van der Waals surface area contributed by atoms with Crippen molar-refractivity contribution in [3.05, 3.63) is 11.0 Å². The largest absolute Gasteiger partial charge is 0.274 e. The van der Waals surface area contributed by atoms with Crippen molar-refractivity contribution >= 4 is 17.9 Å². The first-order valence-corrected chi connectivity index (χ1v) is 5.37. The maximum Gasteiger partial charge on any atom is 0.272 e. The quantitative estimate of drug-likeness (QED) is 0.532. The summed E-state index contributed by atoms with van der Waals surface area (Å²) >= 11 is 1.65. The molecule has 2 unspecified atom stereocenters. The summed E-state index contributed by atoms with van der Waals surface area (Å²) in [6.07, 6.45) is 7.36. The third kappa shape index (κ3) is 0.750. The minimum absolute atomic E-state index is 0.281. The molecule has 64 valence electrons. The normalized spacial score (nSPS) is 38.5. The molecule has 2 fully saturated rings. The second-order valence-electron chi connectivity index (χ2n) is 3.77. The number of amides is 1. The van der Waals surface area contributed by atoms with Crippen LogP contribution < -0.4 is 0 Å². The van der Waals surface area contributed by atoms with Gasteiger partial charge in [0.25, 0.3) is 5.91 Å². The summed E-state index contributed by atoms with van der Waals surface area (Å²) < 4.78 is 1.99. The van der Waals surface area contributed by atoms with E-state index in [-0.39, 0.29) is 5.91 Å². The number of carbonyl (C=O) groups is 1. The molecular weight excluding hydrogens is 170 g/mol. The second kappa shape index (κ2) is 2.28. The van der Waals surface area contributed by atoms with Crippen molar-refractivity contribution in [2.75, 3.05) is 0 Å². The molecule has 1 saturated heterocycles. The smallest absolute Gasteiger partial charge is 0.272 e. The Morgan fingerprint density at radius 3 is 3.08 bits per heavy atom. The van der Waals surface area contributed by atoms with Crippen LogP contribution in [0.25, 0.3) is 0 Å². The third-order valence-corrected chi connectivity index (χ3v) is 4.20. The van der Waals surface area contributed by atoms with Gasteiger partial charge in [0.1, 0.15) is 0 Å². The lowest BCUT2D eigenvalue weighted by Crippen LogP contribution is -2.51. The number of hydrogen-bond donors (Lipinski definition) is 0. The first kappa shape index (κ1) is 7.01. The standard InChI is InChI=1S/C9H11NOS/c11-9-8-5-6-3-1-2-4-7(6)10(9)12-8/h5-7H,1-4H2. The van der Waals surface area contributed by atoms with Crippen molar-refractivity contribution in [1.29, 1.82) is 0 Å². The lowest BCUT2D eigenvalue weighted by molar-refractivity contribution is -0.126. The Kier molecular flexibility index (Phi) is 1.33. The minimum atomic E-state index is 0.281. The molecule has 2 bridgehead atoms. The summed E-state index contributed by atoms with van der Waals surface area (Å²) in [5.74, 6) is 0.968. The Hall–Kier alpha value is -0.440. The van der Waals surface area contributed by atoms with Gasteiger partial charge in [-0.3, -0.25) is 9.10 Å². The second-order valence-corrected chi connectivity index (χ2v) is 4.78. The van der Waals surface area contributed by atoms with Gasteiger partial charge in [-0.1, -0.05) is 18.9 Å². The number of carbonyl (C=O) groups excluding carboxylic acids is 1. The van der Waals surface area contributed by atoms with Crippen LogP contribution in [-0.2, 0) is 4.79 Å². The van der Waals surface area contributed by atoms with E-state index < -0.39 is 0 Å². The molecule has 3 heteroatoms. The molecule has 1 amide bonds. The predicted octanol–water partition coefficient (Wildman–Crippen LogP) is 1.93. The van der Waals surface area contributed by atoms with E-state index in [9.17, 15) is 4.79 Å². The molecule has 3 heterocycles. The molecule has 4 aliphatic rings. The van der Waals surface area contributed by atoms with Gasteiger partial charge in [-0.05, 0) is 30.7 Å². The highest BCUT2D eigenvalue weighted by molar-refractivity contribution is 8.05. The van der Waals surface area contributed by atoms with E-state index in [2.05, 4.69) is 6.08 Å². The van der Waals surface area contributed by atoms with Crippen LogP contribution in [0.5, 0.6) is 0 Å². The van der Waals surface area contributed by atoms with Crippen LogP contribution in [0.4, 0.5) is 0 Å². The summed E-state index contributed by atoms with van der Waals surface area (Å²) in [6.45, 7) is 0. The Bertz CT molecular complexity index is 274. The van der Waals surface area contributed by atoms with Crippen LogP contribution in [0.15, 0.2) is 11.0 Å². The summed E-state index contributed by atoms with van der Waals surface area (Å²) in [4.78, 5) is 12.3. The molecule has 0 aromatic rings. The van der Waals surface area contributed by atoms with Gasteiger partial charge in [0.2, 0.25) is 0 Å². The van der Waals surface area contributed by atoms with Crippen molar-refractivity contribution in [2.45, 2.75) is 31.7 Å². The van der Waals surface area contributed by atoms with Crippen molar-refractivity contribution < 1.29 is 4.79 Å². The van der Waals surface area contributed by atoms with Crippen molar-refractivity contribution in [1.82, 2.24) is 4.31 Å². The molecule has 12 heavy (non-hydrogen) atoms. The molecule has 0 aromatic carbocycles. The van der Waals surface area contributed by atoms with Crippen LogP contribution in [-0.4, -0.2) is 16.3 Å². The Balaban J connectivity index is 1.95. The predicted molar refractivity (Wildman–Crippen MR) is 48.3 cm³/mol. The zero-order chi connectivity index (χ0) is 8.13. The van der Waals surface area contributed by atoms with Crippen LogP contribution in [0.2, 0.25) is 0 Å². The van der Waals surface area contributed by atoms with E-state index in [0.717, 1.165) is 4.91 Å². The van der Waals surface area contributed by atoms with Crippen molar-refractivity contribution in [2.24, 2.45) is 5.92 Å². The average molecular weight is 181 g/mol. The van der Waals surface area contributed by atoms with Gasteiger partial charge in [0.05, 0.1) is 10.9 Å². The van der Waals surface area contributed by atoms with E-state index in [0.29, 0.717) is 12.0 Å². The minimum Gasteiger partial charge on any atom is -0.274 e. The Morgan fingerprint density at radius 1 is 1.42 bits per heavy atom. The molecule has 0 aromatic heterocycles. The highest BCUT2D eigenvalue weighted by Gasteiger charge is 2.46. The topological polar surface area (TPSA) is 20.3 Å². The molecular formula is C9H11NOS. The summed E-state index contributed by atoms with van der Waals surface area (Å²) in [7, 11) is 0.